The van der Waals surface area contributed by atoms with Crippen LogP contribution in [-0.2, 0) is 20.9 Å². The van der Waals surface area contributed by atoms with Gasteiger partial charge in [0.2, 0.25) is 17.7 Å². The summed E-state index contributed by atoms with van der Waals surface area (Å²) in [4.78, 5) is 55.5. The van der Waals surface area contributed by atoms with Gasteiger partial charge >= 0.3 is 4.87 Å². The Morgan fingerprint density at radius 2 is 1.69 bits per heavy atom. The number of imide groups is 1. The number of aryl methyl sites for hydroxylation is 1. The highest BCUT2D eigenvalue weighted by atomic mass is 79.9. The van der Waals surface area contributed by atoms with Gasteiger partial charge in [-0.2, -0.15) is 0 Å². The van der Waals surface area contributed by atoms with Gasteiger partial charge in [0.15, 0.2) is 0 Å². The molecule has 1 saturated heterocycles. The van der Waals surface area contributed by atoms with E-state index in [0.29, 0.717) is 21.3 Å². The molecule has 1 aromatic heterocycles. The lowest BCUT2D eigenvalue weighted by atomic mass is 9.83. The summed E-state index contributed by atoms with van der Waals surface area (Å²) >= 11 is 5.71. The third-order valence-corrected chi connectivity index (χ3v) is 10.0. The molecule has 0 spiro atoms. The van der Waals surface area contributed by atoms with Crippen molar-refractivity contribution < 1.29 is 14.4 Å². The van der Waals surface area contributed by atoms with Crippen molar-refractivity contribution in [2.45, 2.75) is 29.7 Å². The van der Waals surface area contributed by atoms with E-state index in [-0.39, 0.29) is 29.1 Å². The van der Waals surface area contributed by atoms with Crippen LogP contribution in [0.4, 0.5) is 11.4 Å². The van der Waals surface area contributed by atoms with E-state index in [1.807, 2.05) is 55.5 Å². The van der Waals surface area contributed by atoms with E-state index >= 15 is 0 Å². The van der Waals surface area contributed by atoms with Gasteiger partial charge in [0.05, 0.1) is 16.6 Å². The zero-order valence-corrected chi connectivity index (χ0v) is 23.9. The first-order chi connectivity index (χ1) is 18.8. The second-order valence-corrected chi connectivity index (χ2v) is 12.5. The maximum Gasteiger partial charge on any atom is 0.308 e. The van der Waals surface area contributed by atoms with Crippen LogP contribution in [0, 0.1) is 12.8 Å². The number of para-hydroxylation sites is 1. The fourth-order valence-corrected chi connectivity index (χ4v) is 8.22. The van der Waals surface area contributed by atoms with E-state index in [4.69, 9.17) is 0 Å². The van der Waals surface area contributed by atoms with Crippen molar-refractivity contribution >= 4 is 68.1 Å². The van der Waals surface area contributed by atoms with Crippen molar-refractivity contribution in [2.24, 2.45) is 5.92 Å². The van der Waals surface area contributed by atoms with Crippen LogP contribution in [0.5, 0.6) is 0 Å². The van der Waals surface area contributed by atoms with Crippen LogP contribution in [0.2, 0.25) is 0 Å². The Bertz CT molecular complexity index is 1670. The number of thioether (sulfide) groups is 1. The Morgan fingerprint density at radius 3 is 2.41 bits per heavy atom. The Kier molecular flexibility index (Phi) is 6.78. The first kappa shape index (κ1) is 25.8. The summed E-state index contributed by atoms with van der Waals surface area (Å²) in [7, 11) is 0. The highest BCUT2D eigenvalue weighted by Crippen LogP contribution is 2.53. The van der Waals surface area contributed by atoms with E-state index in [2.05, 4.69) is 21.2 Å². The van der Waals surface area contributed by atoms with Gasteiger partial charge in [-0.05, 0) is 54.4 Å². The minimum Gasteiger partial charge on any atom is -0.325 e. The van der Waals surface area contributed by atoms with E-state index < -0.39 is 17.1 Å². The van der Waals surface area contributed by atoms with E-state index in [9.17, 15) is 19.2 Å². The summed E-state index contributed by atoms with van der Waals surface area (Å²) in [5.74, 6) is -2.12. The van der Waals surface area contributed by atoms with Crippen LogP contribution in [0.15, 0.2) is 93.2 Å². The molecule has 0 aliphatic carbocycles. The fourth-order valence-electron chi connectivity index (χ4n) is 5.18. The monoisotopic (exact) mass is 619 g/mol. The maximum atomic E-state index is 13.8. The minimum atomic E-state index is -0.723. The Balaban J connectivity index is 1.41. The largest absolute Gasteiger partial charge is 0.325 e. The SMILES string of the molecule is Cc1cccc(NC(=O)Cn2c3c(sc2=O)[C@H](c2ccc(Br)cc2)C2C(=O)N(c4ccccc4)C(=O)C2S3)c1. The lowest BCUT2D eigenvalue weighted by molar-refractivity contribution is -0.122. The molecule has 4 aromatic rings. The highest BCUT2D eigenvalue weighted by molar-refractivity contribution is 9.10. The smallest absolute Gasteiger partial charge is 0.308 e. The Labute approximate surface area is 241 Å². The molecule has 0 saturated carbocycles. The lowest BCUT2D eigenvalue weighted by Gasteiger charge is -2.30. The second kappa shape index (κ2) is 10.3. The molecule has 3 heterocycles. The number of fused-ring (bicyclic) bond motifs is 2. The molecule has 1 fully saturated rings. The number of nitrogens with one attached hydrogen (secondary N) is 1. The molecule has 0 bridgehead atoms. The Morgan fingerprint density at radius 1 is 0.949 bits per heavy atom. The van der Waals surface area contributed by atoms with Crippen molar-refractivity contribution in [3.05, 3.63) is 109 Å². The maximum absolute atomic E-state index is 13.8. The van der Waals surface area contributed by atoms with Gasteiger partial charge < -0.3 is 5.32 Å². The average molecular weight is 621 g/mol. The number of carbonyl (C=O) groups is 3. The molecule has 6 rings (SSSR count). The van der Waals surface area contributed by atoms with Gasteiger partial charge in [0.1, 0.15) is 11.8 Å². The topological polar surface area (TPSA) is 88.5 Å². The number of benzene rings is 3. The Hall–Kier alpha value is -3.47. The standard InChI is InChI=1S/C29H22BrN3O4S2/c1-16-6-5-7-19(14-16)31-21(34)15-32-28-25(39-29(32)37)22(17-10-12-18(30)13-11-17)23-24(38-28)27(36)33(26(23)35)20-8-3-2-4-9-20/h2-14,22-24H,15H2,1H3,(H,31,34)/t22-,23?,24?/m1/s1. The van der Waals surface area contributed by atoms with Gasteiger partial charge in [0.25, 0.3) is 0 Å². The molecule has 0 radical (unpaired) electrons. The predicted octanol–water partition coefficient (Wildman–Crippen LogP) is 5.42. The van der Waals surface area contributed by atoms with Crippen LogP contribution in [-0.4, -0.2) is 27.5 Å². The zero-order valence-electron chi connectivity index (χ0n) is 20.7. The molecule has 3 aromatic carbocycles. The number of halogens is 1. The average Bonchev–Trinajstić information content (AvgIpc) is 3.36. The van der Waals surface area contributed by atoms with Gasteiger partial charge in [-0.15, -0.1) is 0 Å². The molecule has 3 amide bonds. The summed E-state index contributed by atoms with van der Waals surface area (Å²) in [6, 6.07) is 23.9. The molecule has 2 aliphatic heterocycles. The van der Waals surface area contributed by atoms with E-state index in [1.54, 1.807) is 30.3 Å². The number of rotatable bonds is 5. The fraction of sp³-hybridized carbons (Fsp3) is 0.172. The van der Waals surface area contributed by atoms with Crippen molar-refractivity contribution in [1.29, 1.82) is 0 Å². The molecule has 196 valence electrons. The quantitative estimate of drug-likeness (QED) is 0.302. The zero-order chi connectivity index (χ0) is 27.3. The number of thiazole rings is 1. The molecule has 3 atom stereocenters. The van der Waals surface area contributed by atoms with Crippen molar-refractivity contribution in [3.63, 3.8) is 0 Å². The number of carbonyl (C=O) groups excluding carboxylic acids is 3. The lowest BCUT2D eigenvalue weighted by Crippen LogP contribution is -2.33. The van der Waals surface area contributed by atoms with Crippen molar-refractivity contribution in [2.75, 3.05) is 10.2 Å². The summed E-state index contributed by atoms with van der Waals surface area (Å²) < 4.78 is 2.31. The molecule has 7 nitrogen and oxygen atoms in total. The van der Waals surface area contributed by atoms with Crippen LogP contribution < -0.4 is 15.1 Å². The molecule has 10 heteroatoms. The number of hydrogen-bond acceptors (Lipinski definition) is 6. The summed E-state index contributed by atoms with van der Waals surface area (Å²) in [6.45, 7) is 1.74. The van der Waals surface area contributed by atoms with Crippen LogP contribution in [0.25, 0.3) is 0 Å². The summed E-state index contributed by atoms with van der Waals surface area (Å²) in [5, 5.41) is 2.70. The van der Waals surface area contributed by atoms with Gasteiger partial charge in [-0.3, -0.25) is 23.7 Å². The third kappa shape index (κ3) is 4.66. The van der Waals surface area contributed by atoms with Crippen LogP contribution in [0.1, 0.15) is 21.9 Å². The molecular formula is C29H22BrN3O4S2. The van der Waals surface area contributed by atoms with Gasteiger partial charge in [0, 0.05) is 21.0 Å². The van der Waals surface area contributed by atoms with E-state index in [0.717, 1.165) is 26.9 Å². The molecule has 1 N–H and O–H groups in total. The van der Waals surface area contributed by atoms with Gasteiger partial charge in [-0.25, -0.2) is 4.90 Å². The molecule has 2 aliphatic rings. The molecular weight excluding hydrogens is 598 g/mol. The summed E-state index contributed by atoms with van der Waals surface area (Å²) in [6.07, 6.45) is 0. The second-order valence-electron chi connectivity index (χ2n) is 9.48. The summed E-state index contributed by atoms with van der Waals surface area (Å²) in [5.41, 5.74) is 3.01. The highest BCUT2D eigenvalue weighted by Gasteiger charge is 2.56. The molecule has 2 unspecified atom stereocenters. The van der Waals surface area contributed by atoms with Crippen molar-refractivity contribution in [3.8, 4) is 0 Å². The van der Waals surface area contributed by atoms with Crippen LogP contribution >= 0.6 is 39.0 Å². The molecule has 39 heavy (non-hydrogen) atoms. The minimum absolute atomic E-state index is 0.194. The number of nitrogens with zero attached hydrogens (tertiary/aromatic N) is 2. The van der Waals surface area contributed by atoms with Gasteiger partial charge in [-0.1, -0.05) is 81.5 Å². The number of anilines is 2. The first-order valence-corrected chi connectivity index (χ1v) is 14.8. The predicted molar refractivity (Wildman–Crippen MR) is 156 cm³/mol. The number of aromatic nitrogens is 1. The van der Waals surface area contributed by atoms with Crippen LogP contribution in [0.3, 0.4) is 0 Å². The first-order valence-electron chi connectivity index (χ1n) is 12.3. The number of hydrogen-bond donors (Lipinski definition) is 1. The van der Waals surface area contributed by atoms with Crippen molar-refractivity contribution in [1.82, 2.24) is 4.57 Å². The van der Waals surface area contributed by atoms with E-state index in [1.165, 1.54) is 21.2 Å². The normalized spacial score (nSPS) is 20.1. The third-order valence-electron chi connectivity index (χ3n) is 6.90. The number of amides is 3.